The van der Waals surface area contributed by atoms with Crippen LogP contribution in [0.5, 0.6) is 0 Å². The summed E-state index contributed by atoms with van der Waals surface area (Å²) in [6.45, 7) is 16.6. The van der Waals surface area contributed by atoms with Gasteiger partial charge in [0.05, 0.1) is 6.10 Å². The highest BCUT2D eigenvalue weighted by atomic mass is 28.4. The van der Waals surface area contributed by atoms with Crippen LogP contribution < -0.4 is 11.5 Å². The number of nitrogens with two attached hydrogens (primary N) is 2. The van der Waals surface area contributed by atoms with E-state index in [2.05, 4.69) is 0 Å². The first-order chi connectivity index (χ1) is 12.7. The minimum absolute atomic E-state index is 0.200. The summed E-state index contributed by atoms with van der Waals surface area (Å²) in [5.41, 5.74) is 13.1. The second-order valence-corrected chi connectivity index (χ2v) is 8.97. The molecule has 0 aromatic carbocycles. The van der Waals surface area contributed by atoms with Gasteiger partial charge in [-0.05, 0) is 54.9 Å². The van der Waals surface area contributed by atoms with Crippen molar-refractivity contribution >= 4 is 8.80 Å². The Labute approximate surface area is 166 Å². The maximum Gasteiger partial charge on any atom is 0.556 e. The molecular weight excluding hydrogens is 368 g/mol. The molecular formula is C18H42N2O6Si. The van der Waals surface area contributed by atoms with Crippen molar-refractivity contribution in [1.82, 2.24) is 0 Å². The Morgan fingerprint density at radius 3 is 1.59 bits per heavy atom. The van der Waals surface area contributed by atoms with E-state index >= 15 is 0 Å². The lowest BCUT2D eigenvalue weighted by Crippen LogP contribution is -2.81. The average Bonchev–Trinajstić information content (AvgIpc) is 2.61. The summed E-state index contributed by atoms with van der Waals surface area (Å²) in [7, 11) is -3.70. The predicted octanol–water partition coefficient (Wildman–Crippen LogP) is 2.16. The molecule has 0 bridgehead atoms. The van der Waals surface area contributed by atoms with Gasteiger partial charge in [0.2, 0.25) is 11.1 Å². The maximum absolute atomic E-state index is 6.87. The Morgan fingerprint density at radius 2 is 1.26 bits per heavy atom. The van der Waals surface area contributed by atoms with E-state index in [-0.39, 0.29) is 12.1 Å². The van der Waals surface area contributed by atoms with E-state index in [1.54, 1.807) is 6.92 Å². The van der Waals surface area contributed by atoms with Crippen LogP contribution >= 0.6 is 0 Å². The zero-order valence-electron chi connectivity index (χ0n) is 18.5. The molecule has 0 saturated heterocycles. The monoisotopic (exact) mass is 410 g/mol. The second-order valence-electron chi connectivity index (χ2n) is 6.30. The van der Waals surface area contributed by atoms with E-state index in [1.165, 1.54) is 0 Å². The van der Waals surface area contributed by atoms with Gasteiger partial charge < -0.3 is 33.2 Å². The zero-order valence-corrected chi connectivity index (χ0v) is 19.5. The SMILES string of the molecule is CCOC(C)(OCC)C(N)(OCC)[Si](OCC)(OCC)OC(C)C(N)CC. The van der Waals surface area contributed by atoms with Crippen LogP contribution in [0.2, 0.25) is 0 Å². The fraction of sp³-hybridized carbons (Fsp3) is 1.00. The minimum atomic E-state index is -3.70. The Hall–Kier alpha value is -0.103. The third-order valence-electron chi connectivity index (χ3n) is 4.43. The van der Waals surface area contributed by atoms with Gasteiger partial charge in [-0.1, -0.05) is 6.92 Å². The van der Waals surface area contributed by atoms with Crippen molar-refractivity contribution in [2.24, 2.45) is 11.5 Å². The van der Waals surface area contributed by atoms with Gasteiger partial charge in [0.25, 0.3) is 0 Å². The Kier molecular flexibility index (Phi) is 12.4. The van der Waals surface area contributed by atoms with Gasteiger partial charge in [-0.3, -0.25) is 5.73 Å². The summed E-state index contributed by atoms with van der Waals surface area (Å²) in [5.74, 6) is -1.33. The summed E-state index contributed by atoms with van der Waals surface area (Å²) in [6, 6.07) is -0.200. The Balaban J connectivity index is 6.41. The molecule has 0 amide bonds. The van der Waals surface area contributed by atoms with Gasteiger partial charge in [0.1, 0.15) is 0 Å². The molecule has 0 aliphatic carbocycles. The molecule has 0 rings (SSSR count). The van der Waals surface area contributed by atoms with E-state index in [4.69, 9.17) is 39.0 Å². The van der Waals surface area contributed by atoms with Crippen LogP contribution in [0.3, 0.4) is 0 Å². The molecule has 4 N–H and O–H groups in total. The van der Waals surface area contributed by atoms with E-state index in [0.717, 1.165) is 6.42 Å². The average molecular weight is 411 g/mol. The first-order valence-electron chi connectivity index (χ1n) is 10.1. The van der Waals surface area contributed by atoms with Crippen LogP contribution in [-0.2, 0) is 27.5 Å². The van der Waals surface area contributed by atoms with Crippen molar-refractivity contribution in [1.29, 1.82) is 0 Å². The van der Waals surface area contributed by atoms with Crippen molar-refractivity contribution in [2.45, 2.75) is 85.1 Å². The number of rotatable bonds is 16. The molecule has 0 aliphatic heterocycles. The molecule has 0 saturated carbocycles. The third-order valence-corrected chi connectivity index (χ3v) is 7.95. The highest BCUT2D eigenvalue weighted by molar-refractivity contribution is 6.64. The summed E-state index contributed by atoms with van der Waals surface area (Å²) in [5, 5.41) is -1.59. The third kappa shape index (κ3) is 6.19. The topological polar surface area (TPSA) is 107 Å². The number of hydrogen-bond donors (Lipinski definition) is 2. The fourth-order valence-corrected chi connectivity index (χ4v) is 6.26. The largest absolute Gasteiger partial charge is 0.556 e. The molecule has 3 unspecified atom stereocenters. The molecule has 3 atom stereocenters. The summed E-state index contributed by atoms with van der Waals surface area (Å²) in [4.78, 5) is 0. The lowest BCUT2D eigenvalue weighted by Gasteiger charge is -2.51. The molecule has 0 spiro atoms. The van der Waals surface area contributed by atoms with E-state index in [0.29, 0.717) is 33.0 Å². The van der Waals surface area contributed by atoms with Crippen LogP contribution in [0.15, 0.2) is 0 Å². The standard InChI is InChI=1S/C18H42N2O6Si/c1-9-16(19)15(7)26-27(24-13-5,25-14-6)18(20,23-12-4)17(8,21-10-2)22-11-3/h15-16H,9-14,19-20H2,1-8H3. The lowest BCUT2D eigenvalue weighted by molar-refractivity contribution is -0.310. The Morgan fingerprint density at radius 1 is 0.815 bits per heavy atom. The van der Waals surface area contributed by atoms with Crippen molar-refractivity contribution in [3.63, 3.8) is 0 Å². The van der Waals surface area contributed by atoms with E-state index in [9.17, 15) is 0 Å². The smallest absolute Gasteiger partial charge is 0.371 e. The molecule has 0 aliphatic rings. The molecule has 9 heteroatoms. The van der Waals surface area contributed by atoms with Crippen molar-refractivity contribution in [3.8, 4) is 0 Å². The first kappa shape index (κ1) is 26.9. The maximum atomic E-state index is 6.87. The van der Waals surface area contributed by atoms with Gasteiger partial charge in [0, 0.05) is 39.1 Å². The molecule has 0 radical (unpaired) electrons. The first-order valence-corrected chi connectivity index (χ1v) is 11.8. The summed E-state index contributed by atoms with van der Waals surface area (Å²) < 4.78 is 36.6. The van der Waals surface area contributed by atoms with Gasteiger partial charge in [0.15, 0.2) is 0 Å². The zero-order chi connectivity index (χ0) is 21.1. The van der Waals surface area contributed by atoms with E-state index in [1.807, 2.05) is 48.5 Å². The van der Waals surface area contributed by atoms with Gasteiger partial charge >= 0.3 is 8.80 Å². The molecule has 0 aromatic heterocycles. The highest BCUT2D eigenvalue weighted by Gasteiger charge is 2.71. The Bertz CT molecular complexity index is 392. The molecule has 0 fully saturated rings. The minimum Gasteiger partial charge on any atom is -0.371 e. The van der Waals surface area contributed by atoms with Crippen molar-refractivity contribution in [3.05, 3.63) is 0 Å². The summed E-state index contributed by atoms with van der Waals surface area (Å²) in [6.07, 6.45) is 0.389. The van der Waals surface area contributed by atoms with Gasteiger partial charge in [-0.15, -0.1) is 0 Å². The fourth-order valence-electron chi connectivity index (χ4n) is 2.99. The van der Waals surface area contributed by atoms with Crippen LogP contribution in [0, 0.1) is 0 Å². The van der Waals surface area contributed by atoms with Crippen LogP contribution in [-0.4, -0.2) is 65.1 Å². The lowest BCUT2D eigenvalue weighted by atomic mass is 10.1. The normalized spacial score (nSPS) is 17.6. The van der Waals surface area contributed by atoms with Crippen molar-refractivity contribution in [2.75, 3.05) is 33.0 Å². The quantitative estimate of drug-likeness (QED) is 0.294. The van der Waals surface area contributed by atoms with E-state index < -0.39 is 19.9 Å². The number of hydrogen-bond acceptors (Lipinski definition) is 8. The van der Waals surface area contributed by atoms with Gasteiger partial charge in [-0.2, -0.15) is 0 Å². The van der Waals surface area contributed by atoms with Crippen LogP contribution in [0.1, 0.15) is 61.8 Å². The van der Waals surface area contributed by atoms with Crippen molar-refractivity contribution < 1.29 is 27.5 Å². The molecule has 0 heterocycles. The molecule has 27 heavy (non-hydrogen) atoms. The second kappa shape index (κ2) is 12.5. The molecule has 0 aromatic rings. The molecule has 164 valence electrons. The van der Waals surface area contributed by atoms with Gasteiger partial charge in [-0.25, -0.2) is 0 Å². The van der Waals surface area contributed by atoms with Crippen LogP contribution in [0.4, 0.5) is 0 Å². The predicted molar refractivity (Wildman–Crippen MR) is 108 cm³/mol. The molecule has 8 nitrogen and oxygen atoms in total. The highest BCUT2D eigenvalue weighted by Crippen LogP contribution is 2.38. The van der Waals surface area contributed by atoms with Crippen LogP contribution in [0.25, 0.3) is 0 Å². The summed E-state index contributed by atoms with van der Waals surface area (Å²) >= 11 is 0. The number of ether oxygens (including phenoxy) is 3.